The second-order valence-corrected chi connectivity index (χ2v) is 7.12. The Bertz CT molecular complexity index is 267. The first kappa shape index (κ1) is 16.2. The highest BCUT2D eigenvalue weighted by Gasteiger charge is 2.39. The van der Waals surface area contributed by atoms with Crippen molar-refractivity contribution in [3.63, 3.8) is 0 Å². The molecule has 2 saturated heterocycles. The molecule has 20 heavy (non-hydrogen) atoms. The summed E-state index contributed by atoms with van der Waals surface area (Å²) in [6, 6.07) is 0. The molecule has 0 aromatic heterocycles. The molecule has 4 nitrogen and oxygen atoms in total. The molecule has 2 atom stereocenters. The first-order valence-corrected chi connectivity index (χ1v) is 8.61. The minimum Gasteiger partial charge on any atom is -0.384 e. The van der Waals surface area contributed by atoms with Gasteiger partial charge in [0, 0.05) is 25.7 Å². The van der Waals surface area contributed by atoms with E-state index < -0.39 is 12.2 Å². The SMILES string of the molecule is CC[N+]1(CC(O)C(O)C[N+]2(CC)CCCC2)CCCC1. The van der Waals surface area contributed by atoms with Gasteiger partial charge in [-0.15, -0.1) is 0 Å². The predicted molar refractivity (Wildman–Crippen MR) is 81.3 cm³/mol. The van der Waals surface area contributed by atoms with E-state index in [1.54, 1.807) is 0 Å². The Labute approximate surface area is 124 Å². The van der Waals surface area contributed by atoms with Crippen LogP contribution in [0.1, 0.15) is 39.5 Å². The Morgan fingerprint density at radius 1 is 0.700 bits per heavy atom. The van der Waals surface area contributed by atoms with Crippen molar-refractivity contribution in [3.05, 3.63) is 0 Å². The molecule has 0 spiro atoms. The zero-order chi connectivity index (χ0) is 14.6. The summed E-state index contributed by atoms with van der Waals surface area (Å²) in [6.45, 7) is 12.8. The van der Waals surface area contributed by atoms with Crippen molar-refractivity contribution in [2.45, 2.75) is 51.7 Å². The lowest BCUT2D eigenvalue weighted by Crippen LogP contribution is -2.57. The van der Waals surface area contributed by atoms with Crippen molar-refractivity contribution in [1.82, 2.24) is 0 Å². The van der Waals surface area contributed by atoms with Crippen LogP contribution in [0.2, 0.25) is 0 Å². The molecule has 2 rings (SSSR count). The molecule has 2 heterocycles. The van der Waals surface area contributed by atoms with Crippen LogP contribution >= 0.6 is 0 Å². The van der Waals surface area contributed by atoms with Gasteiger partial charge >= 0.3 is 0 Å². The Kier molecular flexibility index (Phi) is 5.46. The molecule has 0 radical (unpaired) electrons. The zero-order valence-corrected chi connectivity index (χ0v) is 13.4. The molecule has 2 aliphatic rings. The Hall–Kier alpha value is -0.160. The maximum absolute atomic E-state index is 10.5. The number of likely N-dealkylation sites (tertiary alicyclic amines) is 2. The molecule has 0 aromatic carbocycles. The number of hydrogen-bond donors (Lipinski definition) is 2. The predicted octanol–water partition coefficient (Wildman–Crippen LogP) is 0.969. The van der Waals surface area contributed by atoms with E-state index in [1.165, 1.54) is 51.9 Å². The van der Waals surface area contributed by atoms with Crippen LogP contribution in [0.4, 0.5) is 0 Å². The van der Waals surface area contributed by atoms with E-state index in [9.17, 15) is 10.2 Å². The summed E-state index contributed by atoms with van der Waals surface area (Å²) in [5.41, 5.74) is 0. The molecule has 0 aliphatic carbocycles. The highest BCUT2D eigenvalue weighted by atomic mass is 16.3. The van der Waals surface area contributed by atoms with Gasteiger partial charge in [0.2, 0.25) is 0 Å². The van der Waals surface area contributed by atoms with Crippen molar-refractivity contribution >= 4 is 0 Å². The van der Waals surface area contributed by atoms with Crippen LogP contribution in [0, 0.1) is 0 Å². The molecule has 0 aromatic rings. The monoisotopic (exact) mass is 286 g/mol. The van der Waals surface area contributed by atoms with E-state index >= 15 is 0 Å². The first-order valence-electron chi connectivity index (χ1n) is 8.61. The van der Waals surface area contributed by atoms with Crippen molar-refractivity contribution in [2.24, 2.45) is 0 Å². The van der Waals surface area contributed by atoms with Gasteiger partial charge in [0.05, 0.1) is 39.3 Å². The molecule has 0 amide bonds. The topological polar surface area (TPSA) is 40.5 Å². The van der Waals surface area contributed by atoms with Crippen LogP contribution in [0.3, 0.4) is 0 Å². The number of quaternary nitrogens is 2. The molecule has 118 valence electrons. The van der Waals surface area contributed by atoms with Gasteiger partial charge in [0.25, 0.3) is 0 Å². The second kappa shape index (κ2) is 6.73. The van der Waals surface area contributed by atoms with E-state index in [2.05, 4.69) is 13.8 Å². The molecular weight excluding hydrogens is 252 g/mol. The van der Waals surface area contributed by atoms with Gasteiger partial charge in [-0.2, -0.15) is 0 Å². The highest BCUT2D eigenvalue weighted by molar-refractivity contribution is 4.70. The minimum atomic E-state index is -0.560. The van der Waals surface area contributed by atoms with Gasteiger partial charge in [0.15, 0.2) is 0 Å². The number of nitrogens with zero attached hydrogens (tertiary/aromatic N) is 2. The summed E-state index contributed by atoms with van der Waals surface area (Å²) in [7, 11) is 0. The van der Waals surface area contributed by atoms with E-state index in [4.69, 9.17) is 0 Å². The maximum atomic E-state index is 10.5. The number of aliphatic hydroxyl groups excluding tert-OH is 2. The molecule has 2 fully saturated rings. The van der Waals surface area contributed by atoms with Gasteiger partial charge in [-0.3, -0.25) is 0 Å². The zero-order valence-electron chi connectivity index (χ0n) is 13.4. The number of hydrogen-bond acceptors (Lipinski definition) is 2. The largest absolute Gasteiger partial charge is 0.384 e. The molecule has 0 saturated carbocycles. The van der Waals surface area contributed by atoms with Gasteiger partial charge in [-0.1, -0.05) is 0 Å². The van der Waals surface area contributed by atoms with Gasteiger partial charge < -0.3 is 19.2 Å². The first-order chi connectivity index (χ1) is 9.55. The molecular formula is C16H34N2O2+2. The van der Waals surface area contributed by atoms with E-state index in [0.29, 0.717) is 0 Å². The molecule has 2 N–H and O–H groups in total. The summed E-state index contributed by atoms with van der Waals surface area (Å²) in [5, 5.41) is 20.9. The average Bonchev–Trinajstić information content (AvgIpc) is 3.09. The lowest BCUT2D eigenvalue weighted by Gasteiger charge is -2.39. The van der Waals surface area contributed by atoms with E-state index in [-0.39, 0.29) is 0 Å². The Morgan fingerprint density at radius 3 is 1.25 bits per heavy atom. The van der Waals surface area contributed by atoms with Gasteiger partial charge in [-0.05, 0) is 13.8 Å². The fraction of sp³-hybridized carbons (Fsp3) is 1.00. The standard InChI is InChI=1S/C16H34N2O2/c1-3-17(9-5-6-10-17)13-15(19)16(20)14-18(4-2)11-7-8-12-18/h15-16,19-20H,3-14H2,1-2H3/q+2. The average molecular weight is 286 g/mol. The number of likely N-dealkylation sites (N-methyl/N-ethyl adjacent to an activating group) is 2. The third kappa shape index (κ3) is 3.53. The summed E-state index contributed by atoms with van der Waals surface area (Å²) < 4.78 is 2.01. The van der Waals surface area contributed by atoms with Crippen LogP contribution in [0.5, 0.6) is 0 Å². The van der Waals surface area contributed by atoms with Crippen molar-refractivity contribution < 1.29 is 19.2 Å². The normalized spacial score (nSPS) is 27.6. The Morgan fingerprint density at radius 2 is 1.00 bits per heavy atom. The number of aliphatic hydroxyl groups is 2. The fourth-order valence-corrected chi connectivity index (χ4v) is 4.31. The van der Waals surface area contributed by atoms with Crippen LogP contribution in [-0.2, 0) is 0 Å². The van der Waals surface area contributed by atoms with Crippen LogP contribution in [-0.4, -0.2) is 83.7 Å². The lowest BCUT2D eigenvalue weighted by atomic mass is 10.1. The second-order valence-electron chi connectivity index (χ2n) is 7.12. The van der Waals surface area contributed by atoms with Crippen LogP contribution in [0.15, 0.2) is 0 Å². The summed E-state index contributed by atoms with van der Waals surface area (Å²) >= 11 is 0. The van der Waals surface area contributed by atoms with E-state index in [0.717, 1.165) is 35.1 Å². The smallest absolute Gasteiger partial charge is 0.134 e. The number of rotatable bonds is 7. The van der Waals surface area contributed by atoms with Crippen LogP contribution in [0.25, 0.3) is 0 Å². The molecule has 2 unspecified atom stereocenters. The third-order valence-corrected chi connectivity index (χ3v) is 5.96. The van der Waals surface area contributed by atoms with Gasteiger partial charge in [-0.25, -0.2) is 0 Å². The molecule has 0 bridgehead atoms. The molecule has 2 aliphatic heterocycles. The summed E-state index contributed by atoms with van der Waals surface area (Å²) in [4.78, 5) is 0. The van der Waals surface area contributed by atoms with Gasteiger partial charge in [0.1, 0.15) is 25.3 Å². The minimum absolute atomic E-state index is 0.560. The van der Waals surface area contributed by atoms with E-state index in [1.807, 2.05) is 0 Å². The summed E-state index contributed by atoms with van der Waals surface area (Å²) in [5.74, 6) is 0. The van der Waals surface area contributed by atoms with Crippen molar-refractivity contribution in [3.8, 4) is 0 Å². The van der Waals surface area contributed by atoms with Crippen molar-refractivity contribution in [2.75, 3.05) is 52.4 Å². The lowest BCUT2D eigenvalue weighted by molar-refractivity contribution is -0.925. The maximum Gasteiger partial charge on any atom is 0.134 e. The Balaban J connectivity index is 1.89. The molecule has 4 heteroatoms. The third-order valence-electron chi connectivity index (χ3n) is 5.96. The highest BCUT2D eigenvalue weighted by Crippen LogP contribution is 2.23. The fourth-order valence-electron chi connectivity index (χ4n) is 4.31. The van der Waals surface area contributed by atoms with Crippen LogP contribution < -0.4 is 0 Å². The van der Waals surface area contributed by atoms with Crippen molar-refractivity contribution in [1.29, 1.82) is 0 Å². The quantitative estimate of drug-likeness (QED) is 0.685. The summed E-state index contributed by atoms with van der Waals surface area (Å²) in [6.07, 6.45) is 3.96.